The van der Waals surface area contributed by atoms with Crippen LogP contribution in [0.3, 0.4) is 0 Å². The van der Waals surface area contributed by atoms with E-state index in [1.165, 1.54) is 0 Å². The summed E-state index contributed by atoms with van der Waals surface area (Å²) in [5.74, 6) is 1.46. The molecule has 3 aromatic rings. The summed E-state index contributed by atoms with van der Waals surface area (Å²) >= 11 is 1.56. The van der Waals surface area contributed by atoms with Gasteiger partial charge in [-0.3, -0.25) is 9.69 Å². The normalized spacial score (nSPS) is 12.2. The average Bonchev–Trinajstić information content (AvgIpc) is 3.37. The monoisotopic (exact) mass is 447 g/mol. The van der Waals surface area contributed by atoms with Gasteiger partial charge in [0.2, 0.25) is 12.7 Å². The van der Waals surface area contributed by atoms with Gasteiger partial charge < -0.3 is 14.4 Å². The highest BCUT2D eigenvalue weighted by Gasteiger charge is 2.22. The van der Waals surface area contributed by atoms with E-state index in [2.05, 4.69) is 18.7 Å². The van der Waals surface area contributed by atoms with E-state index in [9.17, 15) is 4.79 Å². The van der Waals surface area contributed by atoms with Gasteiger partial charge in [-0.1, -0.05) is 43.4 Å². The lowest BCUT2D eigenvalue weighted by atomic mass is 10.1. The number of benzene rings is 2. The first-order chi connectivity index (χ1) is 14.2. The average molecular weight is 448 g/mol. The van der Waals surface area contributed by atoms with Gasteiger partial charge in [0.1, 0.15) is 0 Å². The Morgan fingerprint density at radius 2 is 1.83 bits per heavy atom. The quantitative estimate of drug-likeness (QED) is 0.513. The van der Waals surface area contributed by atoms with Crippen LogP contribution in [0.25, 0.3) is 10.2 Å². The topological polar surface area (TPSA) is 54.9 Å². The Labute approximate surface area is 186 Å². The van der Waals surface area contributed by atoms with Crippen LogP contribution >= 0.6 is 23.7 Å². The minimum Gasteiger partial charge on any atom is -0.454 e. The third kappa shape index (κ3) is 4.86. The van der Waals surface area contributed by atoms with E-state index < -0.39 is 0 Å². The highest BCUT2D eigenvalue weighted by Crippen LogP contribution is 2.33. The van der Waals surface area contributed by atoms with E-state index in [1.807, 2.05) is 47.4 Å². The van der Waals surface area contributed by atoms with Crippen LogP contribution in [0.15, 0.2) is 42.5 Å². The number of amides is 1. The summed E-state index contributed by atoms with van der Waals surface area (Å²) in [4.78, 5) is 22.1. The Morgan fingerprint density at radius 1 is 1.07 bits per heavy atom. The van der Waals surface area contributed by atoms with Gasteiger partial charge >= 0.3 is 0 Å². The zero-order valence-corrected chi connectivity index (χ0v) is 18.8. The van der Waals surface area contributed by atoms with E-state index in [4.69, 9.17) is 14.5 Å². The molecule has 6 nitrogen and oxygen atoms in total. The molecule has 1 aliphatic heterocycles. The molecule has 0 saturated carbocycles. The van der Waals surface area contributed by atoms with Crippen molar-refractivity contribution in [2.45, 2.75) is 20.3 Å². The van der Waals surface area contributed by atoms with Gasteiger partial charge in [-0.2, -0.15) is 0 Å². The Bertz CT molecular complexity index is 973. The summed E-state index contributed by atoms with van der Waals surface area (Å²) in [6.45, 7) is 7.86. The molecular weight excluding hydrogens is 422 g/mol. The predicted molar refractivity (Wildman–Crippen MR) is 123 cm³/mol. The summed E-state index contributed by atoms with van der Waals surface area (Å²) in [6, 6.07) is 13.7. The number of carbonyl (C=O) groups excluding carboxylic acids is 1. The summed E-state index contributed by atoms with van der Waals surface area (Å²) in [5, 5.41) is 0.754. The first kappa shape index (κ1) is 22.3. The maximum atomic E-state index is 13.3. The maximum Gasteiger partial charge on any atom is 0.233 e. The molecule has 2 heterocycles. The molecule has 1 aromatic heterocycles. The van der Waals surface area contributed by atoms with Crippen molar-refractivity contribution in [1.29, 1.82) is 0 Å². The van der Waals surface area contributed by atoms with Gasteiger partial charge in [0.05, 0.1) is 16.6 Å². The van der Waals surface area contributed by atoms with Crippen LogP contribution in [0, 0.1) is 0 Å². The van der Waals surface area contributed by atoms with Crippen molar-refractivity contribution in [2.24, 2.45) is 0 Å². The molecule has 0 fully saturated rings. The second-order valence-corrected chi connectivity index (χ2v) is 7.91. The first-order valence-corrected chi connectivity index (χ1v) is 10.8. The highest BCUT2D eigenvalue weighted by atomic mass is 35.5. The number of para-hydroxylation sites is 1. The lowest BCUT2D eigenvalue weighted by molar-refractivity contribution is -0.118. The van der Waals surface area contributed by atoms with Gasteiger partial charge in [-0.05, 0) is 42.9 Å². The van der Waals surface area contributed by atoms with Crippen molar-refractivity contribution in [3.05, 3.63) is 48.0 Å². The fourth-order valence-electron chi connectivity index (χ4n) is 3.40. The number of fused-ring (bicyclic) bond motifs is 2. The van der Waals surface area contributed by atoms with Crippen molar-refractivity contribution in [2.75, 3.05) is 37.9 Å². The van der Waals surface area contributed by atoms with Gasteiger partial charge in [0.25, 0.3) is 0 Å². The minimum absolute atomic E-state index is 0. The SMILES string of the molecule is CCN(CC)CCN(C(=O)Cc1ccc2c(c1)OCO2)c1nc2ccccc2s1.Cl. The summed E-state index contributed by atoms with van der Waals surface area (Å²) < 4.78 is 11.9. The Balaban J connectivity index is 0.00000256. The summed E-state index contributed by atoms with van der Waals surface area (Å²) in [7, 11) is 0. The number of rotatable bonds is 8. The van der Waals surface area contributed by atoms with Gasteiger partial charge in [-0.15, -0.1) is 12.4 Å². The number of hydrogen-bond acceptors (Lipinski definition) is 6. The van der Waals surface area contributed by atoms with Crippen LogP contribution in [0.4, 0.5) is 5.13 Å². The number of thiazole rings is 1. The van der Waals surface area contributed by atoms with Gasteiger partial charge in [0, 0.05) is 13.1 Å². The Hall–Kier alpha value is -2.35. The molecule has 0 unspecified atom stereocenters. The van der Waals surface area contributed by atoms with Gasteiger partial charge in [0.15, 0.2) is 16.6 Å². The van der Waals surface area contributed by atoms with Crippen LogP contribution in [0.2, 0.25) is 0 Å². The number of carbonyl (C=O) groups is 1. The van der Waals surface area contributed by atoms with Crippen LogP contribution in [0.5, 0.6) is 11.5 Å². The highest BCUT2D eigenvalue weighted by molar-refractivity contribution is 7.22. The summed E-state index contributed by atoms with van der Waals surface area (Å²) in [6.07, 6.45) is 0.296. The molecule has 160 valence electrons. The zero-order valence-electron chi connectivity index (χ0n) is 17.2. The molecule has 0 bridgehead atoms. The molecule has 4 rings (SSSR count). The molecule has 1 amide bonds. The number of aromatic nitrogens is 1. The molecule has 2 aromatic carbocycles. The van der Waals surface area contributed by atoms with E-state index in [0.717, 1.165) is 46.3 Å². The molecule has 0 N–H and O–H groups in total. The third-order valence-corrected chi connectivity index (χ3v) is 6.20. The fourth-order valence-corrected chi connectivity index (χ4v) is 4.41. The van der Waals surface area contributed by atoms with Crippen molar-refractivity contribution < 1.29 is 14.3 Å². The number of hydrogen-bond donors (Lipinski definition) is 0. The number of ether oxygens (including phenoxy) is 2. The smallest absolute Gasteiger partial charge is 0.233 e. The maximum absolute atomic E-state index is 13.3. The molecule has 1 aliphatic rings. The number of anilines is 1. The van der Waals surface area contributed by atoms with Crippen LogP contribution in [-0.4, -0.2) is 48.8 Å². The van der Waals surface area contributed by atoms with Crippen molar-refractivity contribution in [1.82, 2.24) is 9.88 Å². The lowest BCUT2D eigenvalue weighted by Gasteiger charge is -2.24. The van der Waals surface area contributed by atoms with Gasteiger partial charge in [-0.25, -0.2) is 4.98 Å². The van der Waals surface area contributed by atoms with Crippen molar-refractivity contribution >= 4 is 45.0 Å². The lowest BCUT2D eigenvalue weighted by Crippen LogP contribution is -2.39. The van der Waals surface area contributed by atoms with Crippen molar-refractivity contribution in [3.63, 3.8) is 0 Å². The van der Waals surface area contributed by atoms with Crippen LogP contribution in [0.1, 0.15) is 19.4 Å². The Morgan fingerprint density at radius 3 is 2.60 bits per heavy atom. The molecule has 0 radical (unpaired) electrons. The Kier molecular flexibility index (Phi) is 7.53. The van der Waals surface area contributed by atoms with Crippen molar-refractivity contribution in [3.8, 4) is 11.5 Å². The minimum atomic E-state index is 0. The van der Waals surface area contributed by atoms with E-state index in [-0.39, 0.29) is 25.1 Å². The van der Waals surface area contributed by atoms with Crippen LogP contribution in [-0.2, 0) is 11.2 Å². The van der Waals surface area contributed by atoms with E-state index in [1.54, 1.807) is 11.3 Å². The molecule has 0 atom stereocenters. The second-order valence-electron chi connectivity index (χ2n) is 6.90. The van der Waals surface area contributed by atoms with E-state index >= 15 is 0 Å². The first-order valence-electron chi connectivity index (χ1n) is 9.94. The molecule has 30 heavy (non-hydrogen) atoms. The second kappa shape index (κ2) is 10.1. The predicted octanol–water partition coefficient (Wildman–Crippen LogP) is 4.36. The standard InChI is InChI=1S/C22H25N3O3S.ClH/c1-3-24(4-2)11-12-25(22-23-17-7-5-6-8-20(17)29-22)21(26)14-16-9-10-18-19(13-16)28-15-27-18;/h5-10,13H,3-4,11-12,14-15H2,1-2H3;1H. The molecule has 0 aliphatic carbocycles. The number of halogens is 1. The summed E-state index contributed by atoms with van der Waals surface area (Å²) in [5.41, 5.74) is 1.84. The van der Waals surface area contributed by atoms with E-state index in [0.29, 0.717) is 18.7 Å². The molecule has 0 saturated heterocycles. The third-order valence-electron chi connectivity index (χ3n) is 5.14. The molecule has 0 spiro atoms. The number of likely N-dealkylation sites (N-methyl/N-ethyl adjacent to an activating group) is 1. The molecule has 8 heteroatoms. The zero-order chi connectivity index (χ0) is 20.2. The molecular formula is C22H26ClN3O3S. The number of nitrogens with zero attached hydrogens (tertiary/aromatic N) is 3. The van der Waals surface area contributed by atoms with Crippen LogP contribution < -0.4 is 14.4 Å². The fraction of sp³-hybridized carbons (Fsp3) is 0.364. The largest absolute Gasteiger partial charge is 0.454 e.